The Labute approximate surface area is 80.4 Å². The molecule has 1 fully saturated rings. The molecule has 1 aliphatic heterocycles. The van der Waals surface area contributed by atoms with Crippen LogP contribution in [-0.2, 0) is 0 Å². The van der Waals surface area contributed by atoms with Gasteiger partial charge in [0.1, 0.15) is 0 Å². The van der Waals surface area contributed by atoms with Crippen LogP contribution in [0, 0.1) is 5.92 Å². The smallest absolute Gasteiger partial charge is 0.0567 e. The van der Waals surface area contributed by atoms with Crippen molar-refractivity contribution in [2.75, 3.05) is 19.7 Å². The van der Waals surface area contributed by atoms with Gasteiger partial charge in [-0.15, -0.1) is 0 Å². The van der Waals surface area contributed by atoms with Crippen LogP contribution in [0.25, 0.3) is 0 Å². The molecule has 3 nitrogen and oxygen atoms in total. The third kappa shape index (κ3) is 3.25. The predicted octanol–water partition coefficient (Wildman–Crippen LogP) is 0.460. The van der Waals surface area contributed by atoms with Crippen LogP contribution in [-0.4, -0.2) is 47.0 Å². The van der Waals surface area contributed by atoms with Crippen LogP contribution in [0.3, 0.4) is 0 Å². The standard InChI is InChI=1S/C10H21NO2/c1-8(7-12)6-11-4-3-10(13)5-9(11)2/h8-10,12-13H,3-7H2,1-2H3/t8?,9-,10-/m0/s1. The Kier molecular flexibility index (Phi) is 4.16. The minimum absolute atomic E-state index is 0.115. The van der Waals surface area contributed by atoms with Crippen LogP contribution < -0.4 is 0 Å². The average Bonchev–Trinajstić information content (AvgIpc) is 2.09. The Morgan fingerprint density at radius 1 is 1.54 bits per heavy atom. The molecule has 1 unspecified atom stereocenters. The van der Waals surface area contributed by atoms with Crippen molar-refractivity contribution in [1.29, 1.82) is 0 Å². The van der Waals surface area contributed by atoms with Crippen LogP contribution in [0.5, 0.6) is 0 Å². The number of nitrogens with zero attached hydrogens (tertiary/aromatic N) is 1. The van der Waals surface area contributed by atoms with Crippen molar-refractivity contribution in [3.8, 4) is 0 Å². The summed E-state index contributed by atoms with van der Waals surface area (Å²) in [6.07, 6.45) is 1.64. The highest BCUT2D eigenvalue weighted by atomic mass is 16.3. The second-order valence-corrected chi connectivity index (χ2v) is 4.31. The molecule has 0 amide bonds. The average molecular weight is 187 g/mol. The lowest BCUT2D eigenvalue weighted by Crippen LogP contribution is -2.44. The number of aliphatic hydroxyl groups excluding tert-OH is 2. The molecule has 1 aliphatic rings. The first-order chi connectivity index (χ1) is 6.13. The fraction of sp³-hybridized carbons (Fsp3) is 1.00. The third-order valence-electron chi connectivity index (χ3n) is 2.84. The summed E-state index contributed by atoms with van der Waals surface area (Å²) in [7, 11) is 0. The molecule has 1 heterocycles. The zero-order chi connectivity index (χ0) is 9.84. The normalized spacial score (nSPS) is 33.2. The summed E-state index contributed by atoms with van der Waals surface area (Å²) in [5.74, 6) is 0.345. The number of piperidine rings is 1. The molecule has 3 atom stereocenters. The Morgan fingerprint density at radius 3 is 2.77 bits per heavy atom. The maximum Gasteiger partial charge on any atom is 0.0567 e. The molecule has 78 valence electrons. The van der Waals surface area contributed by atoms with Crippen molar-refractivity contribution in [3.63, 3.8) is 0 Å². The Hall–Kier alpha value is -0.120. The molecule has 2 N–H and O–H groups in total. The van der Waals surface area contributed by atoms with E-state index in [0.717, 1.165) is 25.9 Å². The summed E-state index contributed by atoms with van der Waals surface area (Å²) in [5.41, 5.74) is 0. The molecule has 1 rings (SSSR count). The fourth-order valence-electron chi connectivity index (χ4n) is 1.93. The van der Waals surface area contributed by atoms with E-state index in [1.54, 1.807) is 0 Å². The lowest BCUT2D eigenvalue weighted by molar-refractivity contribution is 0.0359. The molecule has 3 heteroatoms. The molecule has 0 bridgehead atoms. The van der Waals surface area contributed by atoms with Crippen LogP contribution in [0.2, 0.25) is 0 Å². The van der Waals surface area contributed by atoms with Crippen molar-refractivity contribution in [2.45, 2.75) is 38.8 Å². The Bertz CT molecular complexity index is 152. The van der Waals surface area contributed by atoms with Gasteiger partial charge in [-0.05, 0) is 25.7 Å². The van der Waals surface area contributed by atoms with Crippen molar-refractivity contribution >= 4 is 0 Å². The van der Waals surface area contributed by atoms with E-state index in [9.17, 15) is 5.11 Å². The SMILES string of the molecule is CC(CO)CN1CC[C@H](O)C[C@@H]1C. The van der Waals surface area contributed by atoms with Gasteiger partial charge in [-0.2, -0.15) is 0 Å². The summed E-state index contributed by atoms with van der Waals surface area (Å²) in [6, 6.07) is 0.456. The number of rotatable bonds is 3. The molecule has 13 heavy (non-hydrogen) atoms. The molecule has 0 aromatic carbocycles. The van der Waals surface area contributed by atoms with Crippen molar-refractivity contribution in [2.24, 2.45) is 5.92 Å². The van der Waals surface area contributed by atoms with Crippen LogP contribution >= 0.6 is 0 Å². The number of hydrogen-bond donors (Lipinski definition) is 2. The minimum atomic E-state index is -0.115. The number of aliphatic hydroxyl groups is 2. The van der Waals surface area contributed by atoms with Gasteiger partial charge in [-0.1, -0.05) is 6.92 Å². The van der Waals surface area contributed by atoms with Gasteiger partial charge >= 0.3 is 0 Å². The lowest BCUT2D eigenvalue weighted by atomic mass is 9.99. The third-order valence-corrected chi connectivity index (χ3v) is 2.84. The molecule has 0 spiro atoms. The van der Waals surface area contributed by atoms with Gasteiger partial charge in [-0.25, -0.2) is 0 Å². The number of hydrogen-bond acceptors (Lipinski definition) is 3. The number of likely N-dealkylation sites (tertiary alicyclic amines) is 1. The van der Waals surface area contributed by atoms with Crippen molar-refractivity contribution < 1.29 is 10.2 Å². The maximum atomic E-state index is 9.41. The van der Waals surface area contributed by atoms with Gasteiger partial charge in [-0.3, -0.25) is 0 Å². The maximum absolute atomic E-state index is 9.41. The molecule has 0 aromatic rings. The van der Waals surface area contributed by atoms with E-state index in [2.05, 4.69) is 18.7 Å². The summed E-state index contributed by atoms with van der Waals surface area (Å²) in [5, 5.41) is 18.3. The first-order valence-electron chi connectivity index (χ1n) is 5.16. The molecule has 0 radical (unpaired) electrons. The van der Waals surface area contributed by atoms with Gasteiger partial charge in [0.15, 0.2) is 0 Å². The molecule has 0 saturated carbocycles. The zero-order valence-corrected chi connectivity index (χ0v) is 8.61. The van der Waals surface area contributed by atoms with Crippen molar-refractivity contribution in [1.82, 2.24) is 4.90 Å². The topological polar surface area (TPSA) is 43.7 Å². The fourth-order valence-corrected chi connectivity index (χ4v) is 1.93. The summed E-state index contributed by atoms with van der Waals surface area (Å²) >= 11 is 0. The minimum Gasteiger partial charge on any atom is -0.396 e. The highest BCUT2D eigenvalue weighted by Crippen LogP contribution is 2.18. The molecule has 1 saturated heterocycles. The summed E-state index contributed by atoms with van der Waals surface area (Å²) < 4.78 is 0. The van der Waals surface area contributed by atoms with E-state index in [1.807, 2.05) is 0 Å². The largest absolute Gasteiger partial charge is 0.396 e. The quantitative estimate of drug-likeness (QED) is 0.674. The van der Waals surface area contributed by atoms with E-state index in [4.69, 9.17) is 5.11 Å². The van der Waals surface area contributed by atoms with Gasteiger partial charge < -0.3 is 15.1 Å². The van der Waals surface area contributed by atoms with E-state index >= 15 is 0 Å². The van der Waals surface area contributed by atoms with E-state index in [-0.39, 0.29) is 12.7 Å². The zero-order valence-electron chi connectivity index (χ0n) is 8.61. The van der Waals surface area contributed by atoms with E-state index < -0.39 is 0 Å². The van der Waals surface area contributed by atoms with Crippen LogP contribution in [0.1, 0.15) is 26.7 Å². The monoisotopic (exact) mass is 187 g/mol. The van der Waals surface area contributed by atoms with E-state index in [1.165, 1.54) is 0 Å². The second-order valence-electron chi connectivity index (χ2n) is 4.31. The molecular formula is C10H21NO2. The summed E-state index contributed by atoms with van der Waals surface area (Å²) in [6.45, 7) is 6.37. The van der Waals surface area contributed by atoms with Gasteiger partial charge in [0.2, 0.25) is 0 Å². The predicted molar refractivity (Wildman–Crippen MR) is 52.5 cm³/mol. The highest BCUT2D eigenvalue weighted by Gasteiger charge is 2.24. The highest BCUT2D eigenvalue weighted by molar-refractivity contribution is 4.79. The first kappa shape index (κ1) is 11.0. The van der Waals surface area contributed by atoms with Gasteiger partial charge in [0.25, 0.3) is 0 Å². The van der Waals surface area contributed by atoms with E-state index in [0.29, 0.717) is 12.0 Å². The lowest BCUT2D eigenvalue weighted by Gasteiger charge is -2.37. The molecule has 0 aliphatic carbocycles. The molecule has 0 aromatic heterocycles. The summed E-state index contributed by atoms with van der Waals surface area (Å²) in [4.78, 5) is 2.35. The van der Waals surface area contributed by atoms with Crippen LogP contribution in [0.4, 0.5) is 0 Å². The van der Waals surface area contributed by atoms with Crippen LogP contribution in [0.15, 0.2) is 0 Å². The second kappa shape index (κ2) is 4.94. The Morgan fingerprint density at radius 2 is 2.23 bits per heavy atom. The van der Waals surface area contributed by atoms with Crippen molar-refractivity contribution in [3.05, 3.63) is 0 Å². The first-order valence-corrected chi connectivity index (χ1v) is 5.16. The molecular weight excluding hydrogens is 166 g/mol. The Balaban J connectivity index is 2.33. The van der Waals surface area contributed by atoms with Gasteiger partial charge in [0, 0.05) is 25.7 Å². The van der Waals surface area contributed by atoms with Gasteiger partial charge in [0.05, 0.1) is 6.10 Å².